The quantitative estimate of drug-likeness (QED) is 0.356. The van der Waals surface area contributed by atoms with E-state index in [1.807, 2.05) is 6.92 Å². The summed E-state index contributed by atoms with van der Waals surface area (Å²) in [6.45, 7) is 9.60. The number of pyridine rings is 1. The highest BCUT2D eigenvalue weighted by atomic mass is 19.4. The number of methoxy groups -OCH3 is 1. The second-order valence-electron chi connectivity index (χ2n) is 9.43. The second-order valence-corrected chi connectivity index (χ2v) is 9.43. The second kappa shape index (κ2) is 10.5. The molecule has 35 heavy (non-hydrogen) atoms. The Bertz CT molecular complexity index is 1160. The number of aromatic nitrogens is 2. The van der Waals surface area contributed by atoms with Crippen LogP contribution in [-0.2, 0) is 0 Å². The molecule has 3 heterocycles. The van der Waals surface area contributed by atoms with Gasteiger partial charge in [0.05, 0.1) is 23.8 Å². The SMILES string of the molecule is CC[C@@H](CN1CCCCCC1)n1cc(C)c2nc(-c3ccc(OC(F)(F)F)cc3OC)c(C)cc21. The van der Waals surface area contributed by atoms with Crippen LogP contribution in [0.25, 0.3) is 22.3 Å². The van der Waals surface area contributed by atoms with Crippen molar-refractivity contribution >= 4 is 11.0 Å². The Balaban J connectivity index is 1.70. The van der Waals surface area contributed by atoms with Gasteiger partial charge >= 0.3 is 6.36 Å². The molecule has 0 spiro atoms. The zero-order chi connectivity index (χ0) is 25.2. The topological polar surface area (TPSA) is 39.5 Å². The first-order valence-electron chi connectivity index (χ1n) is 12.4. The van der Waals surface area contributed by atoms with E-state index in [2.05, 4.69) is 40.3 Å². The summed E-state index contributed by atoms with van der Waals surface area (Å²) in [4.78, 5) is 7.57. The third kappa shape index (κ3) is 5.74. The summed E-state index contributed by atoms with van der Waals surface area (Å²) in [5, 5.41) is 0. The molecule has 190 valence electrons. The van der Waals surface area contributed by atoms with Gasteiger partial charge in [0.15, 0.2) is 0 Å². The lowest BCUT2D eigenvalue weighted by atomic mass is 10.0. The van der Waals surface area contributed by atoms with Gasteiger partial charge in [0.1, 0.15) is 11.5 Å². The molecule has 5 nitrogen and oxygen atoms in total. The van der Waals surface area contributed by atoms with E-state index in [1.54, 1.807) is 6.07 Å². The van der Waals surface area contributed by atoms with Crippen molar-refractivity contribution in [3.8, 4) is 22.8 Å². The highest BCUT2D eigenvalue weighted by Crippen LogP contribution is 2.37. The minimum atomic E-state index is -4.76. The van der Waals surface area contributed by atoms with Crippen molar-refractivity contribution in [2.75, 3.05) is 26.7 Å². The maximum Gasteiger partial charge on any atom is 0.573 e. The Labute approximate surface area is 204 Å². The van der Waals surface area contributed by atoms with Crippen molar-refractivity contribution in [1.82, 2.24) is 14.5 Å². The molecule has 0 amide bonds. The van der Waals surface area contributed by atoms with Crippen LogP contribution in [0.1, 0.15) is 56.2 Å². The third-order valence-corrected chi connectivity index (χ3v) is 6.87. The molecular formula is C27H34F3N3O2. The summed E-state index contributed by atoms with van der Waals surface area (Å²) >= 11 is 0. The fourth-order valence-electron chi connectivity index (χ4n) is 5.09. The molecular weight excluding hydrogens is 455 g/mol. The number of alkyl halides is 3. The van der Waals surface area contributed by atoms with Crippen LogP contribution in [0.4, 0.5) is 13.2 Å². The first-order valence-corrected chi connectivity index (χ1v) is 12.4. The minimum absolute atomic E-state index is 0.284. The van der Waals surface area contributed by atoms with Crippen LogP contribution in [0.15, 0.2) is 30.5 Å². The smallest absolute Gasteiger partial charge is 0.496 e. The lowest BCUT2D eigenvalue weighted by molar-refractivity contribution is -0.274. The lowest BCUT2D eigenvalue weighted by Gasteiger charge is -2.27. The predicted molar refractivity (Wildman–Crippen MR) is 132 cm³/mol. The number of likely N-dealkylation sites (tertiary alicyclic amines) is 1. The Morgan fingerprint density at radius 2 is 1.74 bits per heavy atom. The van der Waals surface area contributed by atoms with Gasteiger partial charge in [0, 0.05) is 30.4 Å². The first-order chi connectivity index (χ1) is 16.7. The predicted octanol–water partition coefficient (Wildman–Crippen LogP) is 7.05. The molecule has 0 bridgehead atoms. The molecule has 1 aromatic carbocycles. The summed E-state index contributed by atoms with van der Waals surface area (Å²) in [6.07, 6.45) is 3.61. The fraction of sp³-hybridized carbons (Fsp3) is 0.519. The van der Waals surface area contributed by atoms with Crippen molar-refractivity contribution in [2.45, 2.75) is 65.3 Å². The zero-order valence-electron chi connectivity index (χ0n) is 20.9. The average Bonchev–Trinajstić information content (AvgIpc) is 2.97. The fourth-order valence-corrected chi connectivity index (χ4v) is 5.09. The van der Waals surface area contributed by atoms with Crippen molar-refractivity contribution in [2.24, 2.45) is 0 Å². The van der Waals surface area contributed by atoms with Crippen LogP contribution < -0.4 is 9.47 Å². The van der Waals surface area contributed by atoms with Gasteiger partial charge in [0.25, 0.3) is 0 Å². The molecule has 1 saturated heterocycles. The molecule has 0 saturated carbocycles. The summed E-state index contributed by atoms with van der Waals surface area (Å²) in [7, 11) is 1.43. The van der Waals surface area contributed by atoms with Gasteiger partial charge in [-0.15, -0.1) is 13.2 Å². The van der Waals surface area contributed by atoms with Crippen LogP contribution in [0.5, 0.6) is 11.5 Å². The highest BCUT2D eigenvalue weighted by Gasteiger charge is 2.31. The zero-order valence-corrected chi connectivity index (χ0v) is 20.9. The summed E-state index contributed by atoms with van der Waals surface area (Å²) < 4.78 is 49.8. The van der Waals surface area contributed by atoms with Crippen molar-refractivity contribution in [1.29, 1.82) is 0 Å². The van der Waals surface area contributed by atoms with Gasteiger partial charge in [-0.05, 0) is 75.5 Å². The van der Waals surface area contributed by atoms with E-state index in [-0.39, 0.29) is 11.5 Å². The maximum absolute atomic E-state index is 12.7. The molecule has 1 atom stereocenters. The van der Waals surface area contributed by atoms with E-state index in [9.17, 15) is 13.2 Å². The number of fused-ring (bicyclic) bond motifs is 1. The summed E-state index contributed by atoms with van der Waals surface area (Å²) in [5.41, 5.74) is 5.31. The van der Waals surface area contributed by atoms with Crippen LogP contribution in [0, 0.1) is 13.8 Å². The van der Waals surface area contributed by atoms with Crippen LogP contribution >= 0.6 is 0 Å². The minimum Gasteiger partial charge on any atom is -0.496 e. The van der Waals surface area contributed by atoms with Crippen LogP contribution in [0.3, 0.4) is 0 Å². The van der Waals surface area contributed by atoms with E-state index in [0.717, 1.165) is 48.2 Å². The molecule has 8 heteroatoms. The van der Waals surface area contributed by atoms with E-state index in [1.165, 1.54) is 44.9 Å². The molecule has 0 unspecified atom stereocenters. The van der Waals surface area contributed by atoms with E-state index in [4.69, 9.17) is 9.72 Å². The van der Waals surface area contributed by atoms with Crippen LogP contribution in [-0.4, -0.2) is 47.6 Å². The largest absolute Gasteiger partial charge is 0.573 e. The third-order valence-electron chi connectivity index (χ3n) is 6.87. The van der Waals surface area contributed by atoms with Crippen LogP contribution in [0.2, 0.25) is 0 Å². The number of hydrogen-bond acceptors (Lipinski definition) is 4. The molecule has 1 fully saturated rings. The maximum atomic E-state index is 12.7. The van der Waals surface area contributed by atoms with Gasteiger partial charge in [-0.1, -0.05) is 19.8 Å². The Kier molecular flexibility index (Phi) is 7.59. The number of halogens is 3. The number of hydrogen-bond donors (Lipinski definition) is 0. The molecule has 2 aromatic heterocycles. The molecule has 4 rings (SSSR count). The van der Waals surface area contributed by atoms with Gasteiger partial charge in [-0.25, -0.2) is 4.98 Å². The molecule has 1 aliphatic heterocycles. The lowest BCUT2D eigenvalue weighted by Crippen LogP contribution is -2.31. The number of rotatable bonds is 7. The summed E-state index contributed by atoms with van der Waals surface area (Å²) in [6, 6.07) is 6.60. The van der Waals surface area contributed by atoms with Gasteiger partial charge in [-0.2, -0.15) is 0 Å². The molecule has 0 radical (unpaired) electrons. The monoisotopic (exact) mass is 489 g/mol. The van der Waals surface area contributed by atoms with Gasteiger partial charge < -0.3 is 18.9 Å². The summed E-state index contributed by atoms with van der Waals surface area (Å²) in [5.74, 6) is -0.0372. The highest BCUT2D eigenvalue weighted by molar-refractivity contribution is 5.85. The Morgan fingerprint density at radius 1 is 1.03 bits per heavy atom. The van der Waals surface area contributed by atoms with E-state index < -0.39 is 6.36 Å². The Hall–Kier alpha value is -2.74. The number of aryl methyl sites for hydroxylation is 2. The normalized spacial score (nSPS) is 16.3. The number of benzene rings is 1. The molecule has 3 aromatic rings. The van der Waals surface area contributed by atoms with Gasteiger partial charge in [-0.3, -0.25) is 0 Å². The van der Waals surface area contributed by atoms with Crippen molar-refractivity contribution < 1.29 is 22.6 Å². The number of ether oxygens (including phenoxy) is 2. The average molecular weight is 490 g/mol. The standard InChI is InChI=1S/C27H34F3N3O2/c1-5-20(17-32-12-8-6-7-9-13-32)33-16-19(3)26-23(33)14-18(2)25(31-26)22-11-10-21(15-24(22)34-4)35-27(28,29)30/h10-11,14-16,20H,5-9,12-13,17H2,1-4H3/t20-/m0/s1. The Morgan fingerprint density at radius 3 is 2.37 bits per heavy atom. The first kappa shape index (κ1) is 25.4. The van der Waals surface area contributed by atoms with Crippen molar-refractivity contribution in [3.63, 3.8) is 0 Å². The van der Waals surface area contributed by atoms with E-state index in [0.29, 0.717) is 17.3 Å². The number of nitrogens with zero attached hydrogens (tertiary/aromatic N) is 3. The molecule has 1 aliphatic rings. The molecule has 0 aliphatic carbocycles. The van der Waals surface area contributed by atoms with Crippen molar-refractivity contribution in [3.05, 3.63) is 41.6 Å². The molecule has 0 N–H and O–H groups in total. The van der Waals surface area contributed by atoms with E-state index >= 15 is 0 Å². The van der Waals surface area contributed by atoms with Gasteiger partial charge in [0.2, 0.25) is 0 Å².